The van der Waals surface area contributed by atoms with E-state index in [4.69, 9.17) is 0 Å². The Morgan fingerprint density at radius 2 is 1.28 bits per heavy atom. The molecule has 0 aromatic heterocycles. The number of benzene rings is 2. The highest BCUT2D eigenvalue weighted by atomic mass is 127. The van der Waals surface area contributed by atoms with Gasteiger partial charge in [0, 0.05) is 11.1 Å². The van der Waals surface area contributed by atoms with Crippen LogP contribution in [0.4, 0.5) is 0 Å². The second-order valence-corrected chi connectivity index (χ2v) is 5.18. The standard InChI is InChI=1S/C15H11IO2/c16-15(13-5-1-3-11(7-13)9-17)14-6-2-4-12(8-14)10-18/h1-10,15H. The number of aldehydes is 2. The lowest BCUT2D eigenvalue weighted by Crippen LogP contribution is -1.95. The molecule has 0 aliphatic rings. The summed E-state index contributed by atoms with van der Waals surface area (Å²) in [6.07, 6.45) is 1.68. The average molecular weight is 350 g/mol. The summed E-state index contributed by atoms with van der Waals surface area (Å²) in [4.78, 5) is 21.5. The molecule has 0 amide bonds. The van der Waals surface area contributed by atoms with Crippen LogP contribution in [0.15, 0.2) is 48.5 Å². The van der Waals surface area contributed by atoms with Crippen LogP contribution < -0.4 is 0 Å². The maximum Gasteiger partial charge on any atom is 0.150 e. The van der Waals surface area contributed by atoms with Gasteiger partial charge in [0.25, 0.3) is 0 Å². The van der Waals surface area contributed by atoms with Crippen molar-refractivity contribution in [2.75, 3.05) is 0 Å². The Kier molecular flexibility index (Phi) is 4.25. The molecule has 18 heavy (non-hydrogen) atoms. The number of carbonyl (C=O) groups is 2. The van der Waals surface area contributed by atoms with Crippen LogP contribution >= 0.6 is 22.6 Å². The third-order valence-electron chi connectivity index (χ3n) is 2.68. The van der Waals surface area contributed by atoms with E-state index in [1.807, 2.05) is 36.4 Å². The van der Waals surface area contributed by atoms with Crippen molar-refractivity contribution in [1.29, 1.82) is 0 Å². The number of rotatable bonds is 4. The van der Waals surface area contributed by atoms with Crippen molar-refractivity contribution in [3.63, 3.8) is 0 Å². The zero-order chi connectivity index (χ0) is 13.0. The minimum absolute atomic E-state index is 0.127. The number of hydrogen-bond donors (Lipinski definition) is 0. The molecule has 0 atom stereocenters. The fraction of sp³-hybridized carbons (Fsp3) is 0.0667. The van der Waals surface area contributed by atoms with Gasteiger partial charge in [0.15, 0.2) is 0 Å². The maximum atomic E-state index is 10.8. The van der Waals surface area contributed by atoms with Crippen LogP contribution in [0.3, 0.4) is 0 Å². The van der Waals surface area contributed by atoms with Crippen LogP contribution in [0.2, 0.25) is 0 Å². The lowest BCUT2D eigenvalue weighted by Gasteiger charge is -2.11. The van der Waals surface area contributed by atoms with Gasteiger partial charge in [-0.05, 0) is 23.3 Å². The average Bonchev–Trinajstić information content (AvgIpc) is 2.46. The minimum Gasteiger partial charge on any atom is -0.298 e. The molecule has 90 valence electrons. The van der Waals surface area contributed by atoms with E-state index in [1.165, 1.54) is 0 Å². The molecule has 0 bridgehead atoms. The van der Waals surface area contributed by atoms with Gasteiger partial charge in [0.05, 0.1) is 3.92 Å². The third kappa shape index (κ3) is 2.85. The molecule has 2 aromatic carbocycles. The summed E-state index contributed by atoms with van der Waals surface area (Å²) in [6, 6.07) is 15.0. The number of hydrogen-bond acceptors (Lipinski definition) is 2. The number of alkyl halides is 1. The smallest absolute Gasteiger partial charge is 0.150 e. The topological polar surface area (TPSA) is 34.1 Å². The second-order valence-electron chi connectivity index (χ2n) is 3.94. The second kappa shape index (κ2) is 5.91. The van der Waals surface area contributed by atoms with Crippen molar-refractivity contribution >= 4 is 35.2 Å². The SMILES string of the molecule is O=Cc1cccc(C(I)c2cccc(C=O)c2)c1. The predicted octanol–water partition coefficient (Wildman–Crippen LogP) is 3.84. The van der Waals surface area contributed by atoms with Crippen LogP contribution in [0.5, 0.6) is 0 Å². The highest BCUT2D eigenvalue weighted by Crippen LogP contribution is 2.31. The molecular formula is C15H11IO2. The third-order valence-corrected chi connectivity index (χ3v) is 4.12. The summed E-state index contributed by atoms with van der Waals surface area (Å²) in [5.41, 5.74) is 3.45. The summed E-state index contributed by atoms with van der Waals surface area (Å²) in [5.74, 6) is 0. The van der Waals surface area contributed by atoms with Gasteiger partial charge in [-0.15, -0.1) is 0 Å². The van der Waals surface area contributed by atoms with Crippen LogP contribution in [0.1, 0.15) is 35.8 Å². The summed E-state index contributed by atoms with van der Waals surface area (Å²) in [5, 5.41) is 0. The molecule has 0 saturated heterocycles. The monoisotopic (exact) mass is 350 g/mol. The molecule has 2 nitrogen and oxygen atoms in total. The van der Waals surface area contributed by atoms with Crippen LogP contribution in [-0.4, -0.2) is 12.6 Å². The van der Waals surface area contributed by atoms with Gasteiger partial charge in [-0.3, -0.25) is 9.59 Å². The van der Waals surface area contributed by atoms with Crippen molar-refractivity contribution in [3.8, 4) is 0 Å². The zero-order valence-electron chi connectivity index (χ0n) is 9.55. The quantitative estimate of drug-likeness (QED) is 0.477. The highest BCUT2D eigenvalue weighted by Gasteiger charge is 2.10. The number of halogens is 1. The van der Waals surface area contributed by atoms with E-state index < -0.39 is 0 Å². The minimum atomic E-state index is 0.127. The largest absolute Gasteiger partial charge is 0.298 e. The molecule has 0 unspecified atom stereocenters. The molecule has 0 heterocycles. The molecule has 2 rings (SSSR count). The van der Waals surface area contributed by atoms with E-state index in [1.54, 1.807) is 12.1 Å². The van der Waals surface area contributed by atoms with Gasteiger partial charge in [-0.25, -0.2) is 0 Å². The van der Waals surface area contributed by atoms with E-state index in [-0.39, 0.29) is 3.92 Å². The first-order valence-electron chi connectivity index (χ1n) is 5.49. The molecule has 2 aromatic rings. The van der Waals surface area contributed by atoms with Crippen molar-refractivity contribution in [3.05, 3.63) is 70.8 Å². The molecule has 0 saturated carbocycles. The Bertz CT molecular complexity index is 527. The Balaban J connectivity index is 2.37. The summed E-state index contributed by atoms with van der Waals surface area (Å²) in [7, 11) is 0. The predicted molar refractivity (Wildman–Crippen MR) is 79.5 cm³/mol. The van der Waals surface area contributed by atoms with Crippen LogP contribution in [-0.2, 0) is 0 Å². The lowest BCUT2D eigenvalue weighted by molar-refractivity contribution is 0.111. The summed E-state index contributed by atoms with van der Waals surface area (Å²) < 4.78 is 0.127. The Morgan fingerprint density at radius 1 is 0.833 bits per heavy atom. The molecule has 0 aliphatic heterocycles. The van der Waals surface area contributed by atoms with E-state index >= 15 is 0 Å². The molecule has 3 heteroatoms. The zero-order valence-corrected chi connectivity index (χ0v) is 11.7. The van der Waals surface area contributed by atoms with Gasteiger partial charge in [0.2, 0.25) is 0 Å². The first-order chi connectivity index (χ1) is 8.74. The first-order valence-corrected chi connectivity index (χ1v) is 6.73. The fourth-order valence-electron chi connectivity index (χ4n) is 1.77. The maximum absolute atomic E-state index is 10.8. The molecular weight excluding hydrogens is 339 g/mol. The van der Waals surface area contributed by atoms with Gasteiger partial charge < -0.3 is 0 Å². The Hall–Kier alpha value is -1.49. The molecule has 0 spiro atoms. The Labute approximate surface area is 119 Å². The van der Waals surface area contributed by atoms with Gasteiger partial charge in [-0.2, -0.15) is 0 Å². The normalized spacial score (nSPS) is 10.3. The van der Waals surface area contributed by atoms with Crippen LogP contribution in [0.25, 0.3) is 0 Å². The van der Waals surface area contributed by atoms with Gasteiger partial charge in [0.1, 0.15) is 12.6 Å². The van der Waals surface area contributed by atoms with E-state index in [2.05, 4.69) is 22.6 Å². The molecule has 0 N–H and O–H groups in total. The first kappa shape index (κ1) is 13.0. The van der Waals surface area contributed by atoms with Crippen LogP contribution in [0, 0.1) is 0 Å². The van der Waals surface area contributed by atoms with Crippen molar-refractivity contribution in [1.82, 2.24) is 0 Å². The number of carbonyl (C=O) groups excluding carboxylic acids is 2. The molecule has 0 aliphatic carbocycles. The van der Waals surface area contributed by atoms with Crippen molar-refractivity contribution in [2.45, 2.75) is 3.92 Å². The van der Waals surface area contributed by atoms with Crippen molar-refractivity contribution in [2.24, 2.45) is 0 Å². The summed E-state index contributed by atoms with van der Waals surface area (Å²) in [6.45, 7) is 0. The highest BCUT2D eigenvalue weighted by molar-refractivity contribution is 14.1. The molecule has 0 fully saturated rings. The van der Waals surface area contributed by atoms with Gasteiger partial charge in [-0.1, -0.05) is 59.0 Å². The fourth-order valence-corrected chi connectivity index (χ4v) is 2.55. The van der Waals surface area contributed by atoms with E-state index in [0.29, 0.717) is 11.1 Å². The van der Waals surface area contributed by atoms with Crippen molar-refractivity contribution < 1.29 is 9.59 Å². The molecule has 0 radical (unpaired) electrons. The van der Waals surface area contributed by atoms with E-state index in [0.717, 1.165) is 23.7 Å². The van der Waals surface area contributed by atoms with Gasteiger partial charge >= 0.3 is 0 Å². The Morgan fingerprint density at radius 3 is 1.67 bits per heavy atom. The summed E-state index contributed by atoms with van der Waals surface area (Å²) >= 11 is 2.31. The lowest BCUT2D eigenvalue weighted by atomic mass is 10.0. The van der Waals surface area contributed by atoms with E-state index in [9.17, 15) is 9.59 Å².